The van der Waals surface area contributed by atoms with E-state index in [4.69, 9.17) is 0 Å². The molecule has 1 aliphatic rings. The lowest BCUT2D eigenvalue weighted by Crippen LogP contribution is -2.48. The minimum atomic E-state index is -3.28. The average molecular weight is 334 g/mol. The molecule has 0 spiro atoms. The lowest BCUT2D eigenvalue weighted by atomic mass is 10.2. The largest absolute Gasteiger partial charge is 0.390 e. The van der Waals surface area contributed by atoms with Crippen molar-refractivity contribution in [2.75, 3.05) is 18.6 Å². The summed E-state index contributed by atoms with van der Waals surface area (Å²) in [5, 5.41) is 21.9. The molecule has 0 aromatic carbocycles. The molecule has 2 amide bonds. The number of aryl methyl sites for hydroxylation is 1. The highest BCUT2D eigenvalue weighted by atomic mass is 32.2. The summed E-state index contributed by atoms with van der Waals surface area (Å²) in [7, 11) is -1.81. The Morgan fingerprint density at radius 3 is 2.62 bits per heavy atom. The number of aliphatic hydroxyl groups excluding tert-OH is 1. The number of hydrogen-bond donors (Lipinski definition) is 2. The quantitative estimate of drug-likeness (QED) is 0.760. The molecule has 0 bridgehead atoms. The fourth-order valence-corrected chi connectivity index (χ4v) is 4.68. The number of amides is 2. The van der Waals surface area contributed by atoms with Gasteiger partial charge in [-0.05, 0) is 6.42 Å². The molecule has 2 rings (SSSR count). The molecule has 1 aromatic heterocycles. The number of rotatable bonds is 4. The van der Waals surface area contributed by atoms with Gasteiger partial charge >= 0.3 is 6.03 Å². The third-order valence-electron chi connectivity index (χ3n) is 3.31. The Bertz CT molecular complexity index is 615. The van der Waals surface area contributed by atoms with E-state index in [1.165, 1.54) is 23.3 Å². The minimum Gasteiger partial charge on any atom is -0.390 e. The number of aromatic nitrogens is 2. The van der Waals surface area contributed by atoms with E-state index in [0.717, 1.165) is 11.4 Å². The van der Waals surface area contributed by atoms with E-state index in [1.807, 2.05) is 6.92 Å². The van der Waals surface area contributed by atoms with Crippen LogP contribution < -0.4 is 5.32 Å². The van der Waals surface area contributed by atoms with Crippen molar-refractivity contribution in [1.29, 1.82) is 0 Å². The Hall–Kier alpha value is -1.26. The Morgan fingerprint density at radius 2 is 2.10 bits per heavy atom. The Morgan fingerprint density at radius 1 is 1.43 bits per heavy atom. The molecule has 0 saturated carbocycles. The number of aliphatic hydroxyl groups is 1. The first-order chi connectivity index (χ1) is 9.82. The van der Waals surface area contributed by atoms with E-state index in [0.29, 0.717) is 5.01 Å². The van der Waals surface area contributed by atoms with Gasteiger partial charge in [-0.1, -0.05) is 18.3 Å². The zero-order valence-corrected chi connectivity index (χ0v) is 13.4. The number of carbonyl (C=O) groups is 1. The monoisotopic (exact) mass is 334 g/mol. The highest BCUT2D eigenvalue weighted by Gasteiger charge is 2.40. The SMILES string of the molecule is CCc1nnc(CNC(=O)N(C)[C@@H]2CS(=O)(=O)C[C@H]2O)s1. The number of nitrogens with zero attached hydrogens (tertiary/aromatic N) is 3. The van der Waals surface area contributed by atoms with Crippen molar-refractivity contribution in [1.82, 2.24) is 20.4 Å². The van der Waals surface area contributed by atoms with Gasteiger partial charge in [0.05, 0.1) is 30.2 Å². The number of hydrogen-bond acceptors (Lipinski definition) is 7. The molecule has 8 nitrogen and oxygen atoms in total. The molecule has 1 fully saturated rings. The lowest BCUT2D eigenvalue weighted by Gasteiger charge is -2.25. The van der Waals surface area contributed by atoms with Crippen molar-refractivity contribution in [2.45, 2.75) is 32.0 Å². The van der Waals surface area contributed by atoms with Crippen LogP contribution >= 0.6 is 11.3 Å². The van der Waals surface area contributed by atoms with E-state index < -0.39 is 28.0 Å². The summed E-state index contributed by atoms with van der Waals surface area (Å²) < 4.78 is 22.9. The van der Waals surface area contributed by atoms with Crippen LogP contribution in [0.4, 0.5) is 4.79 Å². The van der Waals surface area contributed by atoms with Crippen molar-refractivity contribution in [2.24, 2.45) is 0 Å². The number of carbonyl (C=O) groups excluding carboxylic acids is 1. The summed E-state index contributed by atoms with van der Waals surface area (Å²) in [6, 6.07) is -1.15. The van der Waals surface area contributed by atoms with Crippen molar-refractivity contribution in [3.05, 3.63) is 10.0 Å². The van der Waals surface area contributed by atoms with Crippen LogP contribution in [0.2, 0.25) is 0 Å². The predicted octanol–water partition coefficient (Wildman–Crippen LogP) is -0.600. The van der Waals surface area contributed by atoms with Gasteiger partial charge in [0.1, 0.15) is 10.0 Å². The topological polar surface area (TPSA) is 112 Å². The molecule has 1 saturated heterocycles. The first-order valence-electron chi connectivity index (χ1n) is 6.53. The summed E-state index contributed by atoms with van der Waals surface area (Å²) in [5.74, 6) is -0.511. The lowest BCUT2D eigenvalue weighted by molar-refractivity contribution is 0.110. The van der Waals surface area contributed by atoms with Crippen molar-refractivity contribution in [3.8, 4) is 0 Å². The van der Waals surface area contributed by atoms with Crippen LogP contribution in [-0.2, 0) is 22.8 Å². The summed E-state index contributed by atoms with van der Waals surface area (Å²) >= 11 is 1.42. The van der Waals surface area contributed by atoms with E-state index in [1.54, 1.807) is 0 Å². The van der Waals surface area contributed by atoms with Crippen LogP contribution in [0.5, 0.6) is 0 Å². The predicted molar refractivity (Wildman–Crippen MR) is 77.7 cm³/mol. The fraction of sp³-hybridized carbons (Fsp3) is 0.727. The first kappa shape index (κ1) is 16.1. The molecule has 10 heteroatoms. The van der Waals surface area contributed by atoms with Crippen LogP contribution in [0.25, 0.3) is 0 Å². The second-order valence-electron chi connectivity index (χ2n) is 4.92. The van der Waals surface area contributed by atoms with Gasteiger partial charge in [0.25, 0.3) is 0 Å². The third kappa shape index (κ3) is 3.89. The van der Waals surface area contributed by atoms with Crippen LogP contribution in [0.3, 0.4) is 0 Å². The maximum absolute atomic E-state index is 12.0. The minimum absolute atomic E-state index is 0.211. The summed E-state index contributed by atoms with van der Waals surface area (Å²) in [4.78, 5) is 13.2. The van der Waals surface area contributed by atoms with Crippen molar-refractivity contribution < 1.29 is 18.3 Å². The molecule has 1 aliphatic heterocycles. The van der Waals surface area contributed by atoms with Crippen LogP contribution in [0.1, 0.15) is 16.9 Å². The van der Waals surface area contributed by atoms with Crippen LogP contribution in [0.15, 0.2) is 0 Å². The van der Waals surface area contributed by atoms with Crippen molar-refractivity contribution >= 4 is 27.2 Å². The number of urea groups is 1. The fourth-order valence-electron chi connectivity index (χ4n) is 2.11. The van der Waals surface area contributed by atoms with Gasteiger partial charge < -0.3 is 15.3 Å². The molecule has 0 aliphatic carbocycles. The summed E-state index contributed by atoms with van der Waals surface area (Å²) in [6.45, 7) is 2.20. The van der Waals surface area contributed by atoms with Gasteiger partial charge in [-0.15, -0.1) is 10.2 Å². The highest BCUT2D eigenvalue weighted by molar-refractivity contribution is 7.91. The van der Waals surface area contributed by atoms with Gasteiger partial charge in [-0.2, -0.15) is 0 Å². The molecule has 0 radical (unpaired) electrons. The molecule has 1 aromatic rings. The summed E-state index contributed by atoms with van der Waals surface area (Å²) in [6.07, 6.45) is -0.253. The third-order valence-corrected chi connectivity index (χ3v) is 6.08. The standard InChI is InChI=1S/C11H18N4O4S2/c1-3-9-13-14-10(20-9)4-12-11(17)15(2)7-5-21(18,19)6-8(7)16/h7-8,16H,3-6H2,1-2H3,(H,12,17)/t7-,8-/m1/s1. The van der Waals surface area contributed by atoms with E-state index in [2.05, 4.69) is 15.5 Å². The van der Waals surface area contributed by atoms with Gasteiger partial charge in [-0.3, -0.25) is 0 Å². The zero-order chi connectivity index (χ0) is 15.6. The first-order valence-corrected chi connectivity index (χ1v) is 9.16. The maximum atomic E-state index is 12.0. The smallest absolute Gasteiger partial charge is 0.317 e. The molecule has 2 heterocycles. The van der Waals surface area contributed by atoms with Crippen LogP contribution in [-0.4, -0.2) is 65.4 Å². The number of sulfone groups is 1. The van der Waals surface area contributed by atoms with E-state index >= 15 is 0 Å². The second-order valence-corrected chi connectivity index (χ2v) is 8.22. The van der Waals surface area contributed by atoms with Gasteiger partial charge in [0.2, 0.25) is 0 Å². The Labute approximate surface area is 127 Å². The van der Waals surface area contributed by atoms with Gasteiger partial charge in [0, 0.05) is 7.05 Å². The number of likely N-dealkylation sites (N-methyl/N-ethyl adjacent to an activating group) is 1. The van der Waals surface area contributed by atoms with E-state index in [-0.39, 0.29) is 18.1 Å². The maximum Gasteiger partial charge on any atom is 0.317 e. The van der Waals surface area contributed by atoms with Crippen LogP contribution in [0, 0.1) is 0 Å². The molecule has 118 valence electrons. The zero-order valence-electron chi connectivity index (χ0n) is 11.8. The second kappa shape index (κ2) is 6.24. The average Bonchev–Trinajstić information content (AvgIpc) is 2.98. The molecular weight excluding hydrogens is 316 g/mol. The van der Waals surface area contributed by atoms with Gasteiger partial charge in [0.15, 0.2) is 9.84 Å². The molecule has 2 N–H and O–H groups in total. The molecule has 21 heavy (non-hydrogen) atoms. The molecular formula is C11H18N4O4S2. The molecule has 2 atom stereocenters. The molecule has 0 unspecified atom stereocenters. The van der Waals surface area contributed by atoms with Gasteiger partial charge in [-0.25, -0.2) is 13.2 Å². The normalized spacial score (nSPS) is 24.0. The Kier molecular flexibility index (Phi) is 4.79. The van der Waals surface area contributed by atoms with Crippen molar-refractivity contribution in [3.63, 3.8) is 0 Å². The van der Waals surface area contributed by atoms with E-state index in [9.17, 15) is 18.3 Å². The Balaban J connectivity index is 1.91. The number of nitrogens with one attached hydrogen (secondary N) is 1. The highest BCUT2D eigenvalue weighted by Crippen LogP contribution is 2.17. The summed E-state index contributed by atoms with van der Waals surface area (Å²) in [5.41, 5.74) is 0.